The number of ketones is 1. The molecule has 1 N–H and O–H groups in total. The van der Waals surface area contributed by atoms with Crippen molar-refractivity contribution in [3.05, 3.63) is 23.8 Å². The molecule has 1 amide bonds. The van der Waals surface area contributed by atoms with Crippen LogP contribution in [0, 0.1) is 29.6 Å². The molecule has 0 radical (unpaired) electrons. The Labute approximate surface area is 244 Å². The fourth-order valence-corrected chi connectivity index (χ4v) is 5.43. The molecule has 0 saturated heterocycles. The van der Waals surface area contributed by atoms with Crippen molar-refractivity contribution < 1.29 is 28.5 Å². The van der Waals surface area contributed by atoms with Crippen LogP contribution in [-0.2, 0) is 14.3 Å². The van der Waals surface area contributed by atoms with E-state index in [-0.39, 0.29) is 41.4 Å². The number of hydrogen-bond acceptors (Lipinski definition) is 6. The standard InChI is InChI=1S/C33H57NO6/c1-21(2)27(24(6)26-14-15-30(38-12)31(19-26)39-17-13-16-37-11)20-29(34-32(36)40-33(8,9)10)23(5)18-28(22(3)4)25(7)35/h14-15,19,21-24,27-29H,13,16-18,20H2,1-12H3,(H,34,36)/t23-,24?,27-,28-,29-/m0/s1. The van der Waals surface area contributed by atoms with Crippen LogP contribution in [0.15, 0.2) is 18.2 Å². The number of hydrogen-bond donors (Lipinski definition) is 1. The first-order chi connectivity index (χ1) is 18.6. The molecule has 0 saturated carbocycles. The lowest BCUT2D eigenvalue weighted by molar-refractivity contribution is -0.122. The van der Waals surface area contributed by atoms with Gasteiger partial charge in [-0.3, -0.25) is 4.79 Å². The van der Waals surface area contributed by atoms with E-state index in [1.54, 1.807) is 21.1 Å². The second-order valence-electron chi connectivity index (χ2n) is 13.0. The van der Waals surface area contributed by atoms with E-state index in [2.05, 4.69) is 59.0 Å². The first-order valence-corrected chi connectivity index (χ1v) is 14.9. The third-order valence-electron chi connectivity index (χ3n) is 7.83. The van der Waals surface area contributed by atoms with Gasteiger partial charge in [0.15, 0.2) is 11.5 Å². The highest BCUT2D eigenvalue weighted by Gasteiger charge is 2.33. The number of nitrogens with one attached hydrogen (secondary N) is 1. The minimum absolute atomic E-state index is 0.0488. The molecular formula is C33H57NO6. The van der Waals surface area contributed by atoms with Gasteiger partial charge >= 0.3 is 6.09 Å². The van der Waals surface area contributed by atoms with Crippen LogP contribution in [0.3, 0.4) is 0 Å². The van der Waals surface area contributed by atoms with Crippen molar-refractivity contribution in [2.24, 2.45) is 29.6 Å². The minimum Gasteiger partial charge on any atom is -0.493 e. The van der Waals surface area contributed by atoms with Crippen LogP contribution in [0.2, 0.25) is 0 Å². The first-order valence-electron chi connectivity index (χ1n) is 14.9. The average Bonchev–Trinajstić information content (AvgIpc) is 2.85. The molecule has 0 aliphatic heterocycles. The van der Waals surface area contributed by atoms with E-state index in [0.29, 0.717) is 31.3 Å². The van der Waals surface area contributed by atoms with Gasteiger partial charge in [0, 0.05) is 32.1 Å². The summed E-state index contributed by atoms with van der Waals surface area (Å²) in [4.78, 5) is 25.4. The van der Waals surface area contributed by atoms with Crippen LogP contribution in [0.4, 0.5) is 4.79 Å². The van der Waals surface area contributed by atoms with E-state index < -0.39 is 11.7 Å². The zero-order chi connectivity index (χ0) is 30.6. The van der Waals surface area contributed by atoms with Crippen molar-refractivity contribution in [3.8, 4) is 11.5 Å². The van der Waals surface area contributed by atoms with Gasteiger partial charge in [-0.15, -0.1) is 0 Å². The molecule has 230 valence electrons. The fraction of sp³-hybridized carbons (Fsp3) is 0.758. The third-order valence-corrected chi connectivity index (χ3v) is 7.83. The molecule has 0 fully saturated rings. The maximum atomic E-state index is 12.9. The van der Waals surface area contributed by atoms with E-state index in [9.17, 15) is 9.59 Å². The highest BCUT2D eigenvalue weighted by Crippen LogP contribution is 2.39. The Morgan fingerprint density at radius 2 is 1.55 bits per heavy atom. The Morgan fingerprint density at radius 1 is 0.900 bits per heavy atom. The normalized spacial score (nSPS) is 15.8. The SMILES string of the molecule is COCCCOc1cc(C(C)[C@@H](C[C@H](NC(=O)OC(C)(C)C)[C@@H](C)C[C@H](C(C)=O)C(C)C)C(C)C)ccc1OC. The van der Waals surface area contributed by atoms with E-state index in [1.807, 2.05) is 26.8 Å². The summed E-state index contributed by atoms with van der Waals surface area (Å²) >= 11 is 0. The number of carbonyl (C=O) groups excluding carboxylic acids is 2. The summed E-state index contributed by atoms with van der Waals surface area (Å²) in [5, 5.41) is 3.19. The van der Waals surface area contributed by atoms with Crippen molar-refractivity contribution in [1.82, 2.24) is 5.32 Å². The molecule has 1 rings (SSSR count). The van der Waals surface area contributed by atoms with Crippen LogP contribution in [0.1, 0.15) is 100.0 Å². The Kier molecular flexibility index (Phi) is 15.1. The predicted octanol–water partition coefficient (Wildman–Crippen LogP) is 7.66. The molecule has 1 aromatic rings. The van der Waals surface area contributed by atoms with Gasteiger partial charge in [0.05, 0.1) is 13.7 Å². The minimum atomic E-state index is -0.592. The molecular weight excluding hydrogens is 506 g/mol. The number of benzene rings is 1. The molecule has 40 heavy (non-hydrogen) atoms. The third kappa shape index (κ3) is 12.1. The number of amides is 1. The Bertz CT molecular complexity index is 907. The molecule has 7 nitrogen and oxygen atoms in total. The van der Waals surface area contributed by atoms with Crippen molar-refractivity contribution >= 4 is 11.9 Å². The van der Waals surface area contributed by atoms with Crippen molar-refractivity contribution in [3.63, 3.8) is 0 Å². The van der Waals surface area contributed by atoms with Gasteiger partial charge < -0.3 is 24.3 Å². The van der Waals surface area contributed by atoms with E-state index >= 15 is 0 Å². The van der Waals surface area contributed by atoms with Crippen LogP contribution in [0.5, 0.6) is 11.5 Å². The zero-order valence-corrected chi connectivity index (χ0v) is 27.3. The highest BCUT2D eigenvalue weighted by atomic mass is 16.6. The molecule has 1 unspecified atom stereocenters. The molecule has 0 heterocycles. The number of ether oxygens (including phenoxy) is 4. The average molecular weight is 564 g/mol. The van der Waals surface area contributed by atoms with Crippen molar-refractivity contribution in [1.29, 1.82) is 0 Å². The summed E-state index contributed by atoms with van der Waals surface area (Å²) < 4.78 is 22.4. The highest BCUT2D eigenvalue weighted by molar-refractivity contribution is 5.78. The number of Topliss-reactive ketones (excluding diaryl/α,β-unsaturated/α-hetero) is 1. The number of alkyl carbamates (subject to hydrolysis) is 1. The molecule has 0 aliphatic carbocycles. The maximum absolute atomic E-state index is 12.9. The summed E-state index contributed by atoms with van der Waals surface area (Å²) in [6.45, 7) is 21.5. The Balaban J connectivity index is 3.29. The number of methoxy groups -OCH3 is 2. The lowest BCUT2D eigenvalue weighted by atomic mass is 9.73. The fourth-order valence-electron chi connectivity index (χ4n) is 5.43. The summed E-state index contributed by atoms with van der Waals surface area (Å²) in [5.74, 6) is 2.71. The lowest BCUT2D eigenvalue weighted by Crippen LogP contribution is -2.45. The van der Waals surface area contributed by atoms with Gasteiger partial charge in [0.25, 0.3) is 0 Å². The maximum Gasteiger partial charge on any atom is 0.407 e. The molecule has 0 bridgehead atoms. The summed E-state index contributed by atoms with van der Waals surface area (Å²) in [5.41, 5.74) is 0.569. The number of carbonyl (C=O) groups is 2. The molecule has 5 atom stereocenters. The molecule has 0 aliphatic rings. The van der Waals surface area contributed by atoms with Gasteiger partial charge in [-0.1, -0.05) is 47.6 Å². The molecule has 7 heteroatoms. The van der Waals surface area contributed by atoms with Crippen LogP contribution in [0.25, 0.3) is 0 Å². The van der Waals surface area contributed by atoms with Gasteiger partial charge in [-0.25, -0.2) is 4.79 Å². The first kappa shape index (κ1) is 35.7. The Morgan fingerprint density at radius 3 is 2.05 bits per heavy atom. The lowest BCUT2D eigenvalue weighted by Gasteiger charge is -2.36. The van der Waals surface area contributed by atoms with E-state index in [1.165, 1.54) is 0 Å². The quantitative estimate of drug-likeness (QED) is 0.196. The van der Waals surface area contributed by atoms with Gasteiger partial charge in [0.1, 0.15) is 11.4 Å². The van der Waals surface area contributed by atoms with Crippen LogP contribution >= 0.6 is 0 Å². The van der Waals surface area contributed by atoms with Crippen molar-refractivity contribution in [2.75, 3.05) is 27.4 Å². The largest absolute Gasteiger partial charge is 0.493 e. The van der Waals surface area contributed by atoms with Gasteiger partial charge in [0.2, 0.25) is 0 Å². The molecule has 1 aromatic carbocycles. The smallest absolute Gasteiger partial charge is 0.407 e. The predicted molar refractivity (Wildman–Crippen MR) is 162 cm³/mol. The number of rotatable bonds is 17. The monoisotopic (exact) mass is 563 g/mol. The molecule has 0 spiro atoms. The molecule has 0 aromatic heterocycles. The summed E-state index contributed by atoms with van der Waals surface area (Å²) in [6.07, 6.45) is 1.86. The summed E-state index contributed by atoms with van der Waals surface area (Å²) in [7, 11) is 3.33. The van der Waals surface area contributed by atoms with Gasteiger partial charge in [-0.05, 0) is 87.8 Å². The van der Waals surface area contributed by atoms with Gasteiger partial charge in [-0.2, -0.15) is 0 Å². The topological polar surface area (TPSA) is 83.1 Å². The van der Waals surface area contributed by atoms with Crippen molar-refractivity contribution in [2.45, 2.75) is 106 Å². The second kappa shape index (κ2) is 16.9. The Hall–Kier alpha value is -2.28. The van der Waals surface area contributed by atoms with Crippen LogP contribution < -0.4 is 14.8 Å². The van der Waals surface area contributed by atoms with E-state index in [4.69, 9.17) is 18.9 Å². The summed E-state index contributed by atoms with van der Waals surface area (Å²) in [6, 6.07) is 6.00. The second-order valence-corrected chi connectivity index (χ2v) is 13.0. The van der Waals surface area contributed by atoms with E-state index in [0.717, 1.165) is 24.2 Å². The zero-order valence-electron chi connectivity index (χ0n) is 27.3. The van der Waals surface area contributed by atoms with Crippen LogP contribution in [-0.4, -0.2) is 51.0 Å².